The van der Waals surface area contributed by atoms with Gasteiger partial charge < -0.3 is 5.32 Å². The Labute approximate surface area is 118 Å². The van der Waals surface area contributed by atoms with E-state index in [1.54, 1.807) is 6.20 Å². The van der Waals surface area contributed by atoms with E-state index in [-0.39, 0.29) is 22.6 Å². The van der Waals surface area contributed by atoms with Crippen molar-refractivity contribution < 1.29 is 4.92 Å². The van der Waals surface area contributed by atoms with E-state index in [0.717, 1.165) is 9.88 Å². The number of hydrogen-bond acceptors (Lipinski definition) is 6. The third-order valence-electron chi connectivity index (χ3n) is 2.39. The number of pyridine rings is 1. The van der Waals surface area contributed by atoms with E-state index in [0.29, 0.717) is 0 Å². The van der Waals surface area contributed by atoms with Crippen LogP contribution in [0.25, 0.3) is 0 Å². The van der Waals surface area contributed by atoms with E-state index < -0.39 is 4.92 Å². The fraction of sp³-hybridized carbons (Fsp3) is 0.273. The van der Waals surface area contributed by atoms with Crippen molar-refractivity contribution in [2.24, 2.45) is 0 Å². The van der Waals surface area contributed by atoms with Gasteiger partial charge in [-0.1, -0.05) is 11.6 Å². The summed E-state index contributed by atoms with van der Waals surface area (Å²) in [6.45, 7) is 3.83. The summed E-state index contributed by atoms with van der Waals surface area (Å²) in [6, 6.07) is 1.11. The lowest BCUT2D eigenvalue weighted by Gasteiger charge is -2.11. The first-order valence-corrected chi connectivity index (χ1v) is 6.65. The van der Waals surface area contributed by atoms with Crippen LogP contribution in [-0.4, -0.2) is 14.9 Å². The number of anilines is 1. The molecule has 0 amide bonds. The lowest BCUT2D eigenvalue weighted by molar-refractivity contribution is -0.384. The summed E-state index contributed by atoms with van der Waals surface area (Å²) in [5, 5.41) is 15.0. The fourth-order valence-corrected chi connectivity index (χ4v) is 2.45. The topological polar surface area (TPSA) is 81.0 Å². The molecule has 100 valence electrons. The molecule has 1 N–H and O–H groups in total. The van der Waals surface area contributed by atoms with Crippen LogP contribution in [0.4, 0.5) is 11.5 Å². The van der Waals surface area contributed by atoms with Gasteiger partial charge in [-0.05, 0) is 13.8 Å². The first kappa shape index (κ1) is 13.7. The number of thiazole rings is 1. The van der Waals surface area contributed by atoms with E-state index in [9.17, 15) is 10.1 Å². The minimum atomic E-state index is -0.513. The molecule has 0 aromatic carbocycles. The van der Waals surface area contributed by atoms with Crippen molar-refractivity contribution in [3.8, 4) is 0 Å². The number of hydrogen-bond donors (Lipinski definition) is 1. The van der Waals surface area contributed by atoms with Gasteiger partial charge in [-0.3, -0.25) is 10.1 Å². The average molecular weight is 299 g/mol. The molecule has 0 aliphatic carbocycles. The number of nitrogens with one attached hydrogen (secondary N) is 1. The third-order valence-corrected chi connectivity index (χ3v) is 3.70. The second kappa shape index (κ2) is 5.50. The molecule has 0 radical (unpaired) electrons. The molecule has 1 unspecified atom stereocenters. The van der Waals surface area contributed by atoms with Gasteiger partial charge in [0.25, 0.3) is 0 Å². The largest absolute Gasteiger partial charge is 0.355 e. The van der Waals surface area contributed by atoms with Crippen molar-refractivity contribution in [3.05, 3.63) is 43.5 Å². The summed E-state index contributed by atoms with van der Waals surface area (Å²) < 4.78 is 0. The molecule has 2 rings (SSSR count). The Morgan fingerprint density at radius 3 is 2.79 bits per heavy atom. The maximum atomic E-state index is 10.9. The van der Waals surface area contributed by atoms with Crippen molar-refractivity contribution in [1.82, 2.24) is 9.97 Å². The normalized spacial score (nSPS) is 12.2. The Kier molecular flexibility index (Phi) is 3.96. The number of nitrogens with zero attached hydrogens (tertiary/aromatic N) is 3. The van der Waals surface area contributed by atoms with Gasteiger partial charge in [-0.15, -0.1) is 11.3 Å². The van der Waals surface area contributed by atoms with E-state index in [1.807, 2.05) is 13.8 Å². The highest BCUT2D eigenvalue weighted by Gasteiger charge is 2.19. The fourth-order valence-electron chi connectivity index (χ4n) is 1.52. The number of nitro groups is 1. The molecule has 0 aliphatic rings. The van der Waals surface area contributed by atoms with Gasteiger partial charge in [0.05, 0.1) is 16.0 Å². The van der Waals surface area contributed by atoms with Crippen molar-refractivity contribution >= 4 is 34.4 Å². The number of rotatable bonds is 4. The van der Waals surface area contributed by atoms with Crippen LogP contribution in [0.1, 0.15) is 22.9 Å². The summed E-state index contributed by atoms with van der Waals surface area (Å²) in [6.07, 6.45) is 3.14. The number of aryl methyl sites for hydroxylation is 1. The van der Waals surface area contributed by atoms with Gasteiger partial charge in [0.1, 0.15) is 5.01 Å². The molecule has 0 saturated heterocycles. The minimum absolute atomic E-state index is 0.146. The van der Waals surface area contributed by atoms with Crippen LogP contribution in [0.15, 0.2) is 18.5 Å². The van der Waals surface area contributed by atoms with Crippen molar-refractivity contribution in [2.75, 3.05) is 5.32 Å². The van der Waals surface area contributed by atoms with Crippen LogP contribution in [0, 0.1) is 17.0 Å². The molecular formula is C11H11ClN4O2S. The van der Waals surface area contributed by atoms with Crippen LogP contribution in [-0.2, 0) is 0 Å². The zero-order chi connectivity index (χ0) is 14.0. The molecule has 8 heteroatoms. The molecule has 0 spiro atoms. The smallest absolute Gasteiger partial charge is 0.312 e. The Hall–Kier alpha value is -1.73. The lowest BCUT2D eigenvalue weighted by atomic mass is 10.3. The lowest BCUT2D eigenvalue weighted by Crippen LogP contribution is -2.09. The van der Waals surface area contributed by atoms with Gasteiger partial charge in [0.2, 0.25) is 5.82 Å². The summed E-state index contributed by atoms with van der Waals surface area (Å²) in [7, 11) is 0. The van der Waals surface area contributed by atoms with Crippen LogP contribution in [0.3, 0.4) is 0 Å². The van der Waals surface area contributed by atoms with Crippen molar-refractivity contribution in [2.45, 2.75) is 19.9 Å². The molecule has 2 aromatic rings. The molecule has 2 aromatic heterocycles. The maximum Gasteiger partial charge on any atom is 0.312 e. The Morgan fingerprint density at radius 1 is 1.47 bits per heavy atom. The molecule has 0 bridgehead atoms. The van der Waals surface area contributed by atoms with E-state index in [4.69, 9.17) is 11.6 Å². The second-order valence-electron chi connectivity index (χ2n) is 3.95. The molecule has 2 heterocycles. The zero-order valence-corrected chi connectivity index (χ0v) is 11.8. The molecule has 6 nitrogen and oxygen atoms in total. The predicted octanol–water partition coefficient (Wildman–Crippen LogP) is 3.58. The van der Waals surface area contributed by atoms with Gasteiger partial charge >= 0.3 is 5.69 Å². The molecular weight excluding hydrogens is 288 g/mol. The number of aromatic nitrogens is 2. The molecule has 19 heavy (non-hydrogen) atoms. The Balaban J connectivity index is 2.26. The first-order valence-electron chi connectivity index (χ1n) is 5.46. The number of halogens is 1. The minimum Gasteiger partial charge on any atom is -0.355 e. The van der Waals surface area contributed by atoms with Crippen molar-refractivity contribution in [1.29, 1.82) is 0 Å². The van der Waals surface area contributed by atoms with Gasteiger partial charge in [-0.25, -0.2) is 9.97 Å². The highest BCUT2D eigenvalue weighted by molar-refractivity contribution is 7.11. The van der Waals surface area contributed by atoms with Gasteiger partial charge in [0.15, 0.2) is 0 Å². The molecule has 0 aliphatic heterocycles. The van der Waals surface area contributed by atoms with Crippen LogP contribution >= 0.6 is 22.9 Å². The van der Waals surface area contributed by atoms with E-state index in [1.165, 1.54) is 23.6 Å². The summed E-state index contributed by atoms with van der Waals surface area (Å²) >= 11 is 7.25. The highest BCUT2D eigenvalue weighted by atomic mass is 35.5. The summed E-state index contributed by atoms with van der Waals surface area (Å²) in [5.74, 6) is 0.190. The van der Waals surface area contributed by atoms with Crippen molar-refractivity contribution in [3.63, 3.8) is 0 Å². The SMILES string of the molecule is Cc1cnc(C(C)Nc2ncc(Cl)cc2[N+](=O)[O-])s1. The van der Waals surface area contributed by atoms with Gasteiger partial charge in [0, 0.05) is 23.3 Å². The standard InChI is InChI=1S/C11H11ClN4O2S/c1-6-4-14-11(19-6)7(2)15-10-9(16(17)18)3-8(12)5-13-10/h3-5,7H,1-2H3,(H,13,15). The highest BCUT2D eigenvalue weighted by Crippen LogP contribution is 2.29. The summed E-state index contributed by atoms with van der Waals surface area (Å²) in [4.78, 5) is 19.7. The molecule has 0 fully saturated rings. The summed E-state index contributed by atoms with van der Waals surface area (Å²) in [5.41, 5.74) is -0.146. The van der Waals surface area contributed by atoms with Crippen LogP contribution in [0.2, 0.25) is 5.02 Å². The van der Waals surface area contributed by atoms with Gasteiger partial charge in [-0.2, -0.15) is 0 Å². The molecule has 1 atom stereocenters. The van der Waals surface area contributed by atoms with E-state index >= 15 is 0 Å². The monoisotopic (exact) mass is 298 g/mol. The van der Waals surface area contributed by atoms with Crippen LogP contribution < -0.4 is 5.32 Å². The third kappa shape index (κ3) is 3.18. The predicted molar refractivity (Wildman–Crippen MR) is 74.8 cm³/mol. The Morgan fingerprint density at radius 2 is 2.21 bits per heavy atom. The second-order valence-corrected chi connectivity index (χ2v) is 5.66. The average Bonchev–Trinajstić information content (AvgIpc) is 2.78. The first-order chi connectivity index (χ1) is 8.97. The van der Waals surface area contributed by atoms with Crippen LogP contribution in [0.5, 0.6) is 0 Å². The Bertz CT molecular complexity index is 616. The molecule has 0 saturated carbocycles. The van der Waals surface area contributed by atoms with E-state index in [2.05, 4.69) is 15.3 Å². The quantitative estimate of drug-likeness (QED) is 0.689. The maximum absolute atomic E-state index is 10.9. The zero-order valence-electron chi connectivity index (χ0n) is 10.3.